The average molecular weight is 234 g/mol. The van der Waals surface area contributed by atoms with Crippen LogP contribution < -0.4 is 4.74 Å². The fraction of sp³-hybridized carbons (Fsp3) is 0.600. The molecule has 0 saturated carbocycles. The predicted octanol–water partition coefficient (Wildman–Crippen LogP) is 2.92. The number of hydrogen-bond acceptors (Lipinski definition) is 3. The lowest BCUT2D eigenvalue weighted by molar-refractivity contribution is -0.138. The molecule has 0 aliphatic carbocycles. The molecule has 0 aliphatic rings. The number of hydrogen-bond donors (Lipinski definition) is 0. The first-order chi connectivity index (χ1) is 7.39. The van der Waals surface area contributed by atoms with Gasteiger partial charge in [0.1, 0.15) is 0 Å². The van der Waals surface area contributed by atoms with E-state index in [2.05, 4.69) is 9.97 Å². The van der Waals surface area contributed by atoms with Gasteiger partial charge in [0.15, 0.2) is 0 Å². The van der Waals surface area contributed by atoms with Crippen LogP contribution >= 0.6 is 0 Å². The molecule has 6 heteroatoms. The number of nitrogens with zero attached hydrogens (tertiary/aromatic N) is 2. The van der Waals surface area contributed by atoms with Crippen LogP contribution in [0.15, 0.2) is 12.4 Å². The van der Waals surface area contributed by atoms with Gasteiger partial charge in [-0.2, -0.15) is 13.2 Å². The summed E-state index contributed by atoms with van der Waals surface area (Å²) in [5.74, 6) is 0.467. The van der Waals surface area contributed by atoms with Crippen molar-refractivity contribution in [2.75, 3.05) is 6.61 Å². The Morgan fingerprint density at radius 1 is 1.25 bits per heavy atom. The maximum Gasteiger partial charge on any atom is 0.419 e. The third-order valence-corrected chi connectivity index (χ3v) is 1.88. The van der Waals surface area contributed by atoms with Gasteiger partial charge in [0, 0.05) is 12.4 Å². The van der Waals surface area contributed by atoms with Crippen molar-refractivity contribution in [2.45, 2.75) is 26.4 Å². The quantitative estimate of drug-likeness (QED) is 0.803. The van der Waals surface area contributed by atoms with Gasteiger partial charge in [0.05, 0.1) is 12.2 Å². The minimum atomic E-state index is -4.41. The van der Waals surface area contributed by atoms with Crippen LogP contribution in [0, 0.1) is 5.92 Å². The molecule has 0 spiro atoms. The van der Waals surface area contributed by atoms with Crippen LogP contribution in [0.5, 0.6) is 6.01 Å². The molecule has 0 radical (unpaired) electrons. The molecule has 3 nitrogen and oxygen atoms in total. The summed E-state index contributed by atoms with van der Waals surface area (Å²) < 4.78 is 41.6. The summed E-state index contributed by atoms with van der Waals surface area (Å²) in [5, 5.41) is 0. The van der Waals surface area contributed by atoms with Crippen molar-refractivity contribution in [3.63, 3.8) is 0 Å². The monoisotopic (exact) mass is 234 g/mol. The van der Waals surface area contributed by atoms with Crippen LogP contribution in [-0.4, -0.2) is 16.6 Å². The average Bonchev–Trinajstić information content (AvgIpc) is 2.16. The van der Waals surface area contributed by atoms with Crippen molar-refractivity contribution in [3.05, 3.63) is 18.0 Å². The third-order valence-electron chi connectivity index (χ3n) is 1.88. The van der Waals surface area contributed by atoms with E-state index in [1.54, 1.807) is 0 Å². The summed E-state index contributed by atoms with van der Waals surface area (Å²) in [4.78, 5) is 6.98. The first-order valence-electron chi connectivity index (χ1n) is 4.91. The molecule has 0 fully saturated rings. The van der Waals surface area contributed by atoms with Crippen LogP contribution in [0.2, 0.25) is 0 Å². The van der Waals surface area contributed by atoms with Crippen LogP contribution in [0.3, 0.4) is 0 Å². The van der Waals surface area contributed by atoms with Crippen molar-refractivity contribution in [1.29, 1.82) is 0 Å². The highest BCUT2D eigenvalue weighted by molar-refractivity contribution is 5.10. The number of ether oxygens (including phenoxy) is 1. The van der Waals surface area contributed by atoms with Gasteiger partial charge in [-0.25, -0.2) is 9.97 Å². The highest BCUT2D eigenvalue weighted by atomic mass is 19.4. The summed E-state index contributed by atoms with van der Waals surface area (Å²) in [5.41, 5.74) is -0.872. The zero-order valence-electron chi connectivity index (χ0n) is 9.08. The van der Waals surface area contributed by atoms with E-state index in [9.17, 15) is 13.2 Å². The Labute approximate surface area is 91.7 Å². The number of aromatic nitrogens is 2. The van der Waals surface area contributed by atoms with Gasteiger partial charge in [-0.3, -0.25) is 0 Å². The van der Waals surface area contributed by atoms with Gasteiger partial charge < -0.3 is 4.74 Å². The molecule has 0 atom stereocenters. The maximum absolute atomic E-state index is 12.2. The molecular formula is C10H13F3N2O. The first kappa shape index (κ1) is 12.7. The Balaban J connectivity index is 2.52. The smallest absolute Gasteiger partial charge is 0.419 e. The van der Waals surface area contributed by atoms with E-state index in [0.29, 0.717) is 12.5 Å². The first-order valence-corrected chi connectivity index (χ1v) is 4.91. The SMILES string of the molecule is CC(C)CCOc1ncc(C(F)(F)F)cn1. The predicted molar refractivity (Wildman–Crippen MR) is 52.0 cm³/mol. The molecule has 0 unspecified atom stereocenters. The van der Waals surface area contributed by atoms with Crippen molar-refractivity contribution in [1.82, 2.24) is 9.97 Å². The molecular weight excluding hydrogens is 221 g/mol. The standard InChI is InChI=1S/C10H13F3N2O/c1-7(2)3-4-16-9-14-5-8(6-15-9)10(11,12)13/h5-7H,3-4H2,1-2H3. The molecule has 0 saturated heterocycles. The zero-order chi connectivity index (χ0) is 12.2. The van der Waals surface area contributed by atoms with E-state index in [1.165, 1.54) is 0 Å². The van der Waals surface area contributed by atoms with Gasteiger partial charge in [-0.1, -0.05) is 13.8 Å². The summed E-state index contributed by atoms with van der Waals surface area (Å²) in [6.07, 6.45) is -2.16. The van der Waals surface area contributed by atoms with Gasteiger partial charge in [-0.05, 0) is 12.3 Å². The fourth-order valence-corrected chi connectivity index (χ4v) is 0.923. The van der Waals surface area contributed by atoms with Crippen LogP contribution in [-0.2, 0) is 6.18 Å². The van der Waals surface area contributed by atoms with Crippen molar-refractivity contribution in [3.8, 4) is 6.01 Å². The highest BCUT2D eigenvalue weighted by Gasteiger charge is 2.31. The zero-order valence-corrected chi connectivity index (χ0v) is 9.08. The molecule has 16 heavy (non-hydrogen) atoms. The van der Waals surface area contributed by atoms with E-state index in [-0.39, 0.29) is 6.01 Å². The molecule has 0 N–H and O–H groups in total. The Hall–Kier alpha value is -1.33. The molecule has 1 aromatic rings. The topological polar surface area (TPSA) is 35.0 Å². The minimum absolute atomic E-state index is 0.0198. The summed E-state index contributed by atoms with van der Waals surface area (Å²) in [6.45, 7) is 4.46. The molecule has 0 aliphatic heterocycles. The molecule has 0 bridgehead atoms. The van der Waals surface area contributed by atoms with E-state index in [1.807, 2.05) is 13.8 Å². The number of alkyl halides is 3. The second-order valence-corrected chi connectivity index (χ2v) is 3.78. The van der Waals surface area contributed by atoms with Crippen molar-refractivity contribution in [2.24, 2.45) is 5.92 Å². The van der Waals surface area contributed by atoms with E-state index in [4.69, 9.17) is 4.74 Å². The minimum Gasteiger partial charge on any atom is -0.463 e. The Bertz CT molecular complexity index is 322. The molecule has 0 aromatic carbocycles. The second kappa shape index (κ2) is 5.14. The van der Waals surface area contributed by atoms with Crippen molar-refractivity contribution >= 4 is 0 Å². The van der Waals surface area contributed by atoms with Crippen LogP contribution in [0.25, 0.3) is 0 Å². The molecule has 0 amide bonds. The molecule has 90 valence electrons. The maximum atomic E-state index is 12.2. The van der Waals surface area contributed by atoms with E-state index in [0.717, 1.165) is 18.8 Å². The Morgan fingerprint density at radius 2 is 1.81 bits per heavy atom. The Kier molecular flexibility index (Phi) is 4.09. The van der Waals surface area contributed by atoms with Gasteiger partial charge >= 0.3 is 12.2 Å². The number of rotatable bonds is 4. The second-order valence-electron chi connectivity index (χ2n) is 3.78. The van der Waals surface area contributed by atoms with Gasteiger partial charge in [0.2, 0.25) is 0 Å². The summed E-state index contributed by atoms with van der Waals surface area (Å²) in [6, 6.07) is -0.0198. The lowest BCUT2D eigenvalue weighted by Gasteiger charge is -2.08. The Morgan fingerprint density at radius 3 is 2.25 bits per heavy atom. The largest absolute Gasteiger partial charge is 0.463 e. The summed E-state index contributed by atoms with van der Waals surface area (Å²) in [7, 11) is 0. The van der Waals surface area contributed by atoms with Crippen LogP contribution in [0.4, 0.5) is 13.2 Å². The third kappa shape index (κ3) is 4.04. The van der Waals surface area contributed by atoms with Gasteiger partial charge in [-0.15, -0.1) is 0 Å². The lowest BCUT2D eigenvalue weighted by atomic mass is 10.1. The van der Waals surface area contributed by atoms with Crippen molar-refractivity contribution < 1.29 is 17.9 Å². The van der Waals surface area contributed by atoms with E-state index < -0.39 is 11.7 Å². The normalized spacial score (nSPS) is 11.9. The summed E-state index contributed by atoms with van der Waals surface area (Å²) >= 11 is 0. The highest BCUT2D eigenvalue weighted by Crippen LogP contribution is 2.28. The molecule has 1 heterocycles. The van der Waals surface area contributed by atoms with E-state index >= 15 is 0 Å². The lowest BCUT2D eigenvalue weighted by Crippen LogP contribution is -2.08. The van der Waals surface area contributed by atoms with Crippen LogP contribution in [0.1, 0.15) is 25.8 Å². The molecule has 1 rings (SSSR count). The van der Waals surface area contributed by atoms with Gasteiger partial charge in [0.25, 0.3) is 0 Å². The number of halogens is 3. The molecule has 1 aromatic heterocycles. The fourth-order valence-electron chi connectivity index (χ4n) is 0.923.